The van der Waals surface area contributed by atoms with Crippen LogP contribution in [0.3, 0.4) is 0 Å². The van der Waals surface area contributed by atoms with Gasteiger partial charge in [0.2, 0.25) is 0 Å². The molecular weight excluding hydrogens is 833 g/mol. The molecule has 8 aromatic carbocycles. The predicted octanol–water partition coefficient (Wildman–Crippen LogP) is 17.1. The normalized spacial score (nSPS) is 8.53. The van der Waals surface area contributed by atoms with E-state index in [-0.39, 0.29) is 11.9 Å². The fourth-order valence-corrected chi connectivity index (χ4v) is 4.68. The highest BCUT2D eigenvalue weighted by Gasteiger charge is 1.83. The van der Waals surface area contributed by atoms with Crippen LogP contribution >= 0.6 is 0 Å². The molecule has 0 aromatic heterocycles. The maximum Gasteiger partial charge on any atom is 0.302 e. The minimum Gasteiger partial charge on any atom is -0.466 e. The summed E-state index contributed by atoms with van der Waals surface area (Å²) < 4.78 is 8.81. The van der Waals surface area contributed by atoms with Gasteiger partial charge in [-0.15, -0.1) is 0 Å². The van der Waals surface area contributed by atoms with Gasteiger partial charge < -0.3 is 9.47 Å². The van der Waals surface area contributed by atoms with Crippen LogP contribution in [0.4, 0.5) is 0 Å². The Morgan fingerprint density at radius 3 is 0.382 bits per heavy atom. The Bertz CT molecular complexity index is 1770. The lowest BCUT2D eigenvalue weighted by Crippen LogP contribution is -1.95. The lowest BCUT2D eigenvalue weighted by atomic mass is 10.2. The molecule has 0 aliphatic carbocycles. The van der Waals surface area contributed by atoms with Crippen LogP contribution in [0.1, 0.15) is 72.2 Å². The number of rotatable bonds is 2. The van der Waals surface area contributed by atoms with Crippen molar-refractivity contribution in [1.82, 2.24) is 0 Å². The monoisotopic (exact) mass is 913 g/mol. The maximum atomic E-state index is 9.82. The van der Waals surface area contributed by atoms with Crippen LogP contribution in [0, 0.1) is 55.4 Å². The molecule has 0 radical (unpaired) electrons. The van der Waals surface area contributed by atoms with E-state index in [1.54, 1.807) is 13.8 Å². The Morgan fingerprint density at radius 1 is 0.250 bits per heavy atom. The van der Waals surface area contributed by atoms with Crippen molar-refractivity contribution in [2.75, 3.05) is 13.2 Å². The van der Waals surface area contributed by atoms with Crippen molar-refractivity contribution in [3.63, 3.8) is 0 Å². The number of aryl methyl sites for hydroxylation is 8. The average Bonchev–Trinajstić information content (AvgIpc) is 3.33. The first-order valence-corrected chi connectivity index (χ1v) is 23.1. The highest BCUT2D eigenvalue weighted by Crippen LogP contribution is 1.97. The Hall–Kier alpha value is -7.30. The molecule has 0 saturated heterocycles. The summed E-state index contributed by atoms with van der Waals surface area (Å²) in [5.74, 6) is -0.421. The molecule has 0 unspecified atom stereocenters. The van der Waals surface area contributed by atoms with Gasteiger partial charge in [0.1, 0.15) is 0 Å². The third-order valence-corrected chi connectivity index (χ3v) is 8.22. The largest absolute Gasteiger partial charge is 0.466 e. The number of hydrogen-bond donors (Lipinski definition) is 0. The fourth-order valence-electron chi connectivity index (χ4n) is 4.68. The predicted molar refractivity (Wildman–Crippen MR) is 294 cm³/mol. The molecule has 0 atom stereocenters. The van der Waals surface area contributed by atoms with E-state index in [9.17, 15) is 9.59 Å². The molecule has 0 aliphatic heterocycles. The average molecular weight is 913 g/mol. The van der Waals surface area contributed by atoms with Gasteiger partial charge in [-0.3, -0.25) is 9.59 Å². The maximum absolute atomic E-state index is 9.82. The van der Waals surface area contributed by atoms with Gasteiger partial charge in [-0.2, -0.15) is 0 Å². The molecule has 0 amide bonds. The summed E-state index contributed by atoms with van der Waals surface area (Å²) in [5.41, 5.74) is 10.6. The van der Waals surface area contributed by atoms with Crippen molar-refractivity contribution in [2.24, 2.45) is 0 Å². The highest BCUT2D eigenvalue weighted by molar-refractivity contribution is 5.66. The van der Waals surface area contributed by atoms with Crippen molar-refractivity contribution in [3.05, 3.63) is 287 Å². The van der Waals surface area contributed by atoms with Crippen molar-refractivity contribution in [1.29, 1.82) is 0 Å². The van der Waals surface area contributed by atoms with Gasteiger partial charge in [-0.1, -0.05) is 287 Å². The second kappa shape index (κ2) is 46.2. The van der Waals surface area contributed by atoms with Crippen molar-refractivity contribution < 1.29 is 19.1 Å². The second-order valence-corrected chi connectivity index (χ2v) is 15.1. The number of benzene rings is 8. The zero-order chi connectivity index (χ0) is 50.9. The van der Waals surface area contributed by atoms with Crippen LogP contribution in [0.5, 0.6) is 0 Å². The van der Waals surface area contributed by atoms with E-state index >= 15 is 0 Å². The van der Waals surface area contributed by atoms with Gasteiger partial charge >= 0.3 is 11.9 Å². The van der Waals surface area contributed by atoms with E-state index in [1.807, 2.05) is 146 Å². The molecular formula is C64H80O4. The van der Waals surface area contributed by atoms with Gasteiger partial charge in [0.15, 0.2) is 0 Å². The molecule has 68 heavy (non-hydrogen) atoms. The summed E-state index contributed by atoms with van der Waals surface area (Å²) >= 11 is 0. The van der Waals surface area contributed by atoms with Gasteiger partial charge in [0, 0.05) is 13.8 Å². The quantitative estimate of drug-likeness (QED) is 0.162. The number of hydrogen-bond acceptors (Lipinski definition) is 4. The molecule has 0 aliphatic rings. The lowest BCUT2D eigenvalue weighted by molar-refractivity contribution is -0.141. The Morgan fingerprint density at radius 2 is 0.353 bits per heavy atom. The van der Waals surface area contributed by atoms with Crippen LogP contribution < -0.4 is 0 Å². The topological polar surface area (TPSA) is 52.6 Å². The van der Waals surface area contributed by atoms with E-state index in [0.29, 0.717) is 13.2 Å². The van der Waals surface area contributed by atoms with Crippen LogP contribution in [0.15, 0.2) is 243 Å². The summed E-state index contributed by atoms with van der Waals surface area (Å²) in [4.78, 5) is 19.6. The number of carbonyl (C=O) groups is 2. The molecule has 0 heterocycles. The molecule has 4 nitrogen and oxygen atoms in total. The smallest absolute Gasteiger partial charge is 0.302 e. The standard InChI is InChI=1S/8C7H8.2C4H8O2/c8*1-7-5-3-2-4-6-7;2*1-3-6-4(2)5/h8*2-6H,1H3;2*3H2,1-2H3. The summed E-state index contributed by atoms with van der Waals surface area (Å²) in [7, 11) is 0. The third-order valence-electron chi connectivity index (χ3n) is 8.22. The van der Waals surface area contributed by atoms with Crippen molar-refractivity contribution >= 4 is 11.9 Å². The lowest BCUT2D eigenvalue weighted by Gasteiger charge is -1.89. The SMILES string of the molecule is CCOC(C)=O.CCOC(C)=O.Cc1ccccc1.Cc1ccccc1.Cc1ccccc1.Cc1ccccc1.Cc1ccccc1.Cc1ccccc1.Cc1ccccc1.Cc1ccccc1. The van der Waals surface area contributed by atoms with Gasteiger partial charge in [-0.05, 0) is 69.2 Å². The van der Waals surface area contributed by atoms with Crippen LogP contribution in [-0.2, 0) is 19.1 Å². The number of ether oxygens (including phenoxy) is 2. The van der Waals surface area contributed by atoms with E-state index in [2.05, 4.69) is 162 Å². The molecule has 4 heteroatoms. The van der Waals surface area contributed by atoms with E-state index in [0.717, 1.165) is 0 Å². The zero-order valence-corrected chi connectivity index (χ0v) is 43.1. The number of esters is 2. The molecule has 0 saturated carbocycles. The summed E-state index contributed by atoms with van der Waals surface area (Å²) in [5, 5.41) is 0. The van der Waals surface area contributed by atoms with E-state index < -0.39 is 0 Å². The minimum absolute atomic E-state index is 0.211. The summed E-state index contributed by atoms with van der Waals surface area (Å²) in [6.07, 6.45) is 0. The molecule has 8 rings (SSSR count). The molecule has 360 valence electrons. The molecule has 8 aromatic rings. The minimum atomic E-state index is -0.211. The van der Waals surface area contributed by atoms with Gasteiger partial charge in [0.05, 0.1) is 13.2 Å². The van der Waals surface area contributed by atoms with Crippen molar-refractivity contribution in [3.8, 4) is 0 Å². The third kappa shape index (κ3) is 49.7. The fraction of sp³-hybridized carbons (Fsp3) is 0.219. The molecule has 0 N–H and O–H groups in total. The first kappa shape index (κ1) is 62.8. The van der Waals surface area contributed by atoms with Crippen LogP contribution in [0.2, 0.25) is 0 Å². The first-order chi connectivity index (χ1) is 32.7. The van der Waals surface area contributed by atoms with E-state index in [4.69, 9.17) is 0 Å². The van der Waals surface area contributed by atoms with Crippen LogP contribution in [0.25, 0.3) is 0 Å². The Balaban J connectivity index is 0. The van der Waals surface area contributed by atoms with E-state index in [1.165, 1.54) is 58.4 Å². The molecule has 0 spiro atoms. The molecule has 0 fully saturated rings. The Kier molecular flexibility index (Phi) is 42.7. The van der Waals surface area contributed by atoms with Gasteiger partial charge in [-0.25, -0.2) is 0 Å². The highest BCUT2D eigenvalue weighted by atomic mass is 16.5. The van der Waals surface area contributed by atoms with Gasteiger partial charge in [0.25, 0.3) is 0 Å². The van der Waals surface area contributed by atoms with Crippen LogP contribution in [-0.4, -0.2) is 25.2 Å². The summed E-state index contributed by atoms with van der Waals surface area (Å²) in [6, 6.07) is 82.1. The van der Waals surface area contributed by atoms with Crippen molar-refractivity contribution in [2.45, 2.75) is 83.1 Å². The Labute approximate surface area is 412 Å². The number of carbonyl (C=O) groups excluding carboxylic acids is 2. The second-order valence-electron chi connectivity index (χ2n) is 15.1. The zero-order valence-electron chi connectivity index (χ0n) is 43.1. The summed E-state index contributed by atoms with van der Waals surface area (Å²) in [6.45, 7) is 24.0. The first-order valence-electron chi connectivity index (χ1n) is 23.1. The molecule has 0 bridgehead atoms.